The molecule has 2 unspecified atom stereocenters. The average molecular weight is 279 g/mol. The Morgan fingerprint density at radius 2 is 2.15 bits per heavy atom. The Hall–Kier alpha value is -0.870. The molecule has 4 heteroatoms. The van der Waals surface area contributed by atoms with Crippen molar-refractivity contribution in [1.82, 2.24) is 9.78 Å². The van der Waals surface area contributed by atoms with Crippen molar-refractivity contribution in [2.75, 3.05) is 0 Å². The van der Waals surface area contributed by atoms with E-state index < -0.39 is 0 Å². The van der Waals surface area contributed by atoms with Crippen LogP contribution < -0.4 is 5.73 Å². The fourth-order valence-electron chi connectivity index (χ4n) is 3.01. The Morgan fingerprint density at radius 1 is 1.45 bits per heavy atom. The highest BCUT2D eigenvalue weighted by atomic mass is 16.5. The average Bonchev–Trinajstić information content (AvgIpc) is 2.84. The van der Waals surface area contributed by atoms with Gasteiger partial charge in [-0.25, -0.2) is 0 Å². The molecule has 2 atom stereocenters. The highest BCUT2D eigenvalue weighted by molar-refractivity contribution is 5.25. The lowest BCUT2D eigenvalue weighted by molar-refractivity contribution is -0.0232. The zero-order chi connectivity index (χ0) is 14.9. The van der Waals surface area contributed by atoms with Gasteiger partial charge in [0.15, 0.2) is 0 Å². The lowest BCUT2D eigenvalue weighted by Gasteiger charge is -2.19. The van der Waals surface area contributed by atoms with E-state index in [0.717, 1.165) is 37.9 Å². The van der Waals surface area contributed by atoms with Crippen LogP contribution in [-0.2, 0) is 17.7 Å². The van der Waals surface area contributed by atoms with Crippen molar-refractivity contribution < 1.29 is 4.74 Å². The SMILES string of the molecule is CCC(N)Cc1c(C)nn(CC2CCC(C)(C)O2)c1C. The van der Waals surface area contributed by atoms with Gasteiger partial charge in [0, 0.05) is 11.7 Å². The molecule has 4 nitrogen and oxygen atoms in total. The number of nitrogens with zero attached hydrogens (tertiary/aromatic N) is 2. The molecule has 1 saturated heterocycles. The largest absolute Gasteiger partial charge is 0.370 e. The highest BCUT2D eigenvalue weighted by Gasteiger charge is 2.32. The molecule has 1 aliphatic rings. The lowest BCUT2D eigenvalue weighted by atomic mass is 10.0. The quantitative estimate of drug-likeness (QED) is 0.901. The van der Waals surface area contributed by atoms with Crippen molar-refractivity contribution in [3.63, 3.8) is 0 Å². The van der Waals surface area contributed by atoms with Crippen LogP contribution >= 0.6 is 0 Å². The molecule has 0 aromatic carbocycles. The van der Waals surface area contributed by atoms with Crippen molar-refractivity contribution >= 4 is 0 Å². The molecule has 0 amide bonds. The molecule has 0 bridgehead atoms. The molecule has 1 aromatic heterocycles. The molecule has 2 rings (SSSR count). The molecule has 20 heavy (non-hydrogen) atoms. The van der Waals surface area contributed by atoms with Gasteiger partial charge in [-0.3, -0.25) is 4.68 Å². The summed E-state index contributed by atoms with van der Waals surface area (Å²) in [6.07, 6.45) is 4.46. The van der Waals surface area contributed by atoms with Gasteiger partial charge in [0.1, 0.15) is 0 Å². The summed E-state index contributed by atoms with van der Waals surface area (Å²) >= 11 is 0. The molecule has 2 N–H and O–H groups in total. The van der Waals surface area contributed by atoms with E-state index in [-0.39, 0.29) is 17.7 Å². The lowest BCUT2D eigenvalue weighted by Crippen LogP contribution is -2.24. The van der Waals surface area contributed by atoms with Gasteiger partial charge < -0.3 is 10.5 Å². The molecule has 0 aliphatic carbocycles. The minimum Gasteiger partial charge on any atom is -0.370 e. The van der Waals surface area contributed by atoms with Crippen molar-refractivity contribution in [3.05, 3.63) is 17.0 Å². The van der Waals surface area contributed by atoms with Crippen LogP contribution in [0.3, 0.4) is 0 Å². The smallest absolute Gasteiger partial charge is 0.0779 e. The summed E-state index contributed by atoms with van der Waals surface area (Å²) in [5.41, 5.74) is 9.79. The standard InChI is InChI=1S/C16H29N3O/c1-6-13(17)9-15-11(2)18-19(12(15)3)10-14-7-8-16(4,5)20-14/h13-14H,6-10,17H2,1-5H3. The van der Waals surface area contributed by atoms with Crippen molar-refractivity contribution in [2.45, 2.75) is 84.6 Å². The van der Waals surface area contributed by atoms with Crippen LogP contribution in [0.5, 0.6) is 0 Å². The summed E-state index contributed by atoms with van der Waals surface area (Å²) in [6.45, 7) is 11.6. The van der Waals surface area contributed by atoms with Crippen LogP contribution in [0, 0.1) is 13.8 Å². The first-order chi connectivity index (χ1) is 9.32. The van der Waals surface area contributed by atoms with Crippen LogP contribution in [0.2, 0.25) is 0 Å². The fourth-order valence-corrected chi connectivity index (χ4v) is 3.01. The van der Waals surface area contributed by atoms with Gasteiger partial charge in [0.2, 0.25) is 0 Å². The van der Waals surface area contributed by atoms with Crippen molar-refractivity contribution in [2.24, 2.45) is 5.73 Å². The molecule has 1 fully saturated rings. The van der Waals surface area contributed by atoms with Gasteiger partial charge in [0.05, 0.1) is 23.9 Å². The Bertz CT molecular complexity index is 465. The topological polar surface area (TPSA) is 53.1 Å². The normalized spacial score (nSPS) is 23.2. The second-order valence-corrected chi connectivity index (χ2v) is 6.74. The molecule has 0 radical (unpaired) electrons. The van der Waals surface area contributed by atoms with E-state index in [9.17, 15) is 0 Å². The van der Waals surface area contributed by atoms with Gasteiger partial charge in [-0.15, -0.1) is 0 Å². The first kappa shape index (κ1) is 15.5. The maximum Gasteiger partial charge on any atom is 0.0779 e. The van der Waals surface area contributed by atoms with E-state index in [1.54, 1.807) is 0 Å². The minimum absolute atomic E-state index is 0.0220. The second kappa shape index (κ2) is 5.86. The van der Waals surface area contributed by atoms with E-state index >= 15 is 0 Å². The van der Waals surface area contributed by atoms with Crippen LogP contribution in [-0.4, -0.2) is 27.5 Å². The molecule has 1 aromatic rings. The van der Waals surface area contributed by atoms with Gasteiger partial charge in [0.25, 0.3) is 0 Å². The third-order valence-electron chi connectivity index (χ3n) is 4.45. The van der Waals surface area contributed by atoms with E-state index in [0.29, 0.717) is 0 Å². The molecular formula is C16H29N3O. The number of aromatic nitrogens is 2. The van der Waals surface area contributed by atoms with Crippen LogP contribution in [0.4, 0.5) is 0 Å². The molecule has 1 aliphatic heterocycles. The van der Waals surface area contributed by atoms with E-state index in [1.165, 1.54) is 11.3 Å². The minimum atomic E-state index is 0.0220. The first-order valence-electron chi connectivity index (χ1n) is 7.78. The zero-order valence-electron chi connectivity index (χ0n) is 13.6. The third kappa shape index (κ3) is 3.41. The van der Waals surface area contributed by atoms with Gasteiger partial charge in [-0.1, -0.05) is 6.92 Å². The highest BCUT2D eigenvalue weighted by Crippen LogP contribution is 2.30. The zero-order valence-corrected chi connectivity index (χ0v) is 13.6. The van der Waals surface area contributed by atoms with Gasteiger partial charge >= 0.3 is 0 Å². The summed E-state index contributed by atoms with van der Waals surface area (Å²) in [5.74, 6) is 0. The summed E-state index contributed by atoms with van der Waals surface area (Å²) in [6, 6.07) is 0.228. The number of rotatable bonds is 5. The number of hydrogen-bond acceptors (Lipinski definition) is 3. The molecule has 0 spiro atoms. The molecule has 2 heterocycles. The summed E-state index contributed by atoms with van der Waals surface area (Å²) in [7, 11) is 0. The Labute approximate surface area is 122 Å². The first-order valence-corrected chi connectivity index (χ1v) is 7.78. The van der Waals surface area contributed by atoms with E-state index in [1.807, 2.05) is 0 Å². The third-order valence-corrected chi connectivity index (χ3v) is 4.45. The summed E-state index contributed by atoms with van der Waals surface area (Å²) in [5, 5.41) is 4.69. The summed E-state index contributed by atoms with van der Waals surface area (Å²) < 4.78 is 8.18. The summed E-state index contributed by atoms with van der Waals surface area (Å²) in [4.78, 5) is 0. The van der Waals surface area contributed by atoms with Crippen LogP contribution in [0.25, 0.3) is 0 Å². The van der Waals surface area contributed by atoms with E-state index in [2.05, 4.69) is 44.4 Å². The Morgan fingerprint density at radius 3 is 2.70 bits per heavy atom. The number of ether oxygens (including phenoxy) is 1. The maximum atomic E-state index is 6.09. The van der Waals surface area contributed by atoms with E-state index in [4.69, 9.17) is 10.5 Å². The van der Waals surface area contributed by atoms with Gasteiger partial charge in [-0.2, -0.15) is 5.10 Å². The Balaban J connectivity index is 2.08. The number of nitrogens with two attached hydrogens (primary N) is 1. The molecule has 114 valence electrons. The molecule has 0 saturated carbocycles. The van der Waals surface area contributed by atoms with Gasteiger partial charge in [-0.05, 0) is 58.9 Å². The maximum absolute atomic E-state index is 6.09. The predicted octanol–water partition coefficient (Wildman–Crippen LogP) is 2.74. The number of aryl methyl sites for hydroxylation is 1. The Kier molecular flexibility index (Phi) is 4.55. The van der Waals surface area contributed by atoms with Crippen molar-refractivity contribution in [3.8, 4) is 0 Å². The van der Waals surface area contributed by atoms with Crippen LogP contribution in [0.15, 0.2) is 0 Å². The van der Waals surface area contributed by atoms with Crippen LogP contribution in [0.1, 0.15) is 57.0 Å². The second-order valence-electron chi connectivity index (χ2n) is 6.74. The molecular weight excluding hydrogens is 250 g/mol. The number of hydrogen-bond donors (Lipinski definition) is 1. The van der Waals surface area contributed by atoms with Crippen molar-refractivity contribution in [1.29, 1.82) is 0 Å². The predicted molar refractivity (Wildman–Crippen MR) is 81.9 cm³/mol. The monoisotopic (exact) mass is 279 g/mol. The fraction of sp³-hybridized carbons (Fsp3) is 0.812.